The molecule has 2 aromatic heterocycles. The van der Waals surface area contributed by atoms with E-state index in [9.17, 15) is 4.79 Å². The van der Waals surface area contributed by atoms with E-state index in [1.807, 2.05) is 4.90 Å². The summed E-state index contributed by atoms with van der Waals surface area (Å²) in [5.41, 5.74) is 3.99. The van der Waals surface area contributed by atoms with Crippen LogP contribution in [0.4, 0.5) is 5.13 Å². The molecule has 0 N–H and O–H groups in total. The molecule has 3 heterocycles. The third-order valence-electron chi connectivity index (χ3n) is 4.76. The van der Waals surface area contributed by atoms with Gasteiger partial charge in [-0.1, -0.05) is 22.6 Å². The van der Waals surface area contributed by atoms with Crippen LogP contribution in [0.3, 0.4) is 0 Å². The van der Waals surface area contributed by atoms with Gasteiger partial charge < -0.3 is 14.3 Å². The van der Waals surface area contributed by atoms with Crippen molar-refractivity contribution in [3.63, 3.8) is 0 Å². The molecule has 1 aromatic carbocycles. The molecule has 7 heteroatoms. The first-order valence-corrected chi connectivity index (χ1v) is 9.19. The molecule has 130 valence electrons. The van der Waals surface area contributed by atoms with Gasteiger partial charge in [0.15, 0.2) is 10.8 Å². The minimum atomic E-state index is -0.0627. The number of fused-ring (bicyclic) bond motifs is 1. The predicted octanol–water partition coefficient (Wildman–Crippen LogP) is 3.17. The number of carbonyl (C=O) groups is 1. The fourth-order valence-electron chi connectivity index (χ4n) is 3.08. The number of amides is 1. The van der Waals surface area contributed by atoms with E-state index in [4.69, 9.17) is 9.51 Å². The lowest BCUT2D eigenvalue weighted by molar-refractivity contribution is 0.0736. The van der Waals surface area contributed by atoms with E-state index in [0.717, 1.165) is 23.7 Å². The second-order valence-corrected chi connectivity index (χ2v) is 7.46. The average Bonchev–Trinajstić information content (AvgIpc) is 3.24. The van der Waals surface area contributed by atoms with Crippen LogP contribution in [-0.2, 0) is 0 Å². The van der Waals surface area contributed by atoms with E-state index in [0.29, 0.717) is 24.5 Å². The first-order valence-electron chi connectivity index (χ1n) is 8.37. The Labute approximate surface area is 150 Å². The molecule has 1 fully saturated rings. The number of hydrogen-bond donors (Lipinski definition) is 0. The minimum Gasteiger partial charge on any atom is -0.361 e. The van der Waals surface area contributed by atoms with E-state index in [2.05, 4.69) is 36.0 Å². The van der Waals surface area contributed by atoms with Crippen molar-refractivity contribution in [1.82, 2.24) is 15.0 Å². The second-order valence-electron chi connectivity index (χ2n) is 6.45. The van der Waals surface area contributed by atoms with Crippen LogP contribution >= 0.6 is 11.3 Å². The zero-order valence-corrected chi connectivity index (χ0v) is 15.4. The first-order chi connectivity index (χ1) is 12.0. The van der Waals surface area contributed by atoms with Crippen LogP contribution in [0.5, 0.6) is 0 Å². The summed E-state index contributed by atoms with van der Waals surface area (Å²) in [5, 5.41) is 4.86. The van der Waals surface area contributed by atoms with Gasteiger partial charge in [-0.05, 0) is 38.0 Å². The van der Waals surface area contributed by atoms with Crippen LogP contribution in [-0.4, -0.2) is 47.1 Å². The predicted molar refractivity (Wildman–Crippen MR) is 98.5 cm³/mol. The van der Waals surface area contributed by atoms with E-state index in [1.165, 1.54) is 15.8 Å². The minimum absolute atomic E-state index is 0.0627. The molecule has 25 heavy (non-hydrogen) atoms. The number of rotatable bonds is 2. The summed E-state index contributed by atoms with van der Waals surface area (Å²) in [4.78, 5) is 21.4. The molecule has 0 atom stereocenters. The van der Waals surface area contributed by atoms with Gasteiger partial charge in [0.05, 0.1) is 10.2 Å². The number of piperazine rings is 1. The van der Waals surface area contributed by atoms with Crippen molar-refractivity contribution in [3.8, 4) is 0 Å². The Morgan fingerprint density at radius 1 is 1.16 bits per heavy atom. The van der Waals surface area contributed by atoms with Gasteiger partial charge >= 0.3 is 0 Å². The molecule has 0 unspecified atom stereocenters. The smallest absolute Gasteiger partial charge is 0.276 e. The van der Waals surface area contributed by atoms with E-state index in [-0.39, 0.29) is 5.91 Å². The molecular weight excluding hydrogens is 336 g/mol. The highest BCUT2D eigenvalue weighted by molar-refractivity contribution is 7.22. The van der Waals surface area contributed by atoms with Crippen LogP contribution in [0.1, 0.15) is 27.4 Å². The van der Waals surface area contributed by atoms with Crippen molar-refractivity contribution in [1.29, 1.82) is 0 Å². The maximum atomic E-state index is 12.5. The summed E-state index contributed by atoms with van der Waals surface area (Å²) in [6.07, 6.45) is 0. The lowest BCUT2D eigenvalue weighted by atomic mass is 10.1. The lowest BCUT2D eigenvalue weighted by Gasteiger charge is -2.34. The van der Waals surface area contributed by atoms with Crippen LogP contribution in [0, 0.1) is 20.8 Å². The van der Waals surface area contributed by atoms with E-state index in [1.54, 1.807) is 24.3 Å². The molecule has 0 radical (unpaired) electrons. The number of benzene rings is 1. The fraction of sp³-hybridized carbons (Fsp3) is 0.389. The normalized spacial score (nSPS) is 15.2. The highest BCUT2D eigenvalue weighted by Gasteiger charge is 2.25. The molecule has 4 rings (SSSR count). The third kappa shape index (κ3) is 2.89. The number of anilines is 1. The van der Waals surface area contributed by atoms with Gasteiger partial charge in [0, 0.05) is 32.2 Å². The van der Waals surface area contributed by atoms with Gasteiger partial charge in [-0.2, -0.15) is 0 Å². The fourth-order valence-corrected chi connectivity index (χ4v) is 4.16. The maximum absolute atomic E-state index is 12.5. The van der Waals surface area contributed by atoms with Gasteiger partial charge in [-0.3, -0.25) is 4.79 Å². The van der Waals surface area contributed by atoms with E-state index < -0.39 is 0 Å². The summed E-state index contributed by atoms with van der Waals surface area (Å²) in [6, 6.07) is 5.98. The Bertz CT molecular complexity index is 938. The number of aromatic nitrogens is 2. The molecule has 3 aromatic rings. The largest absolute Gasteiger partial charge is 0.361 e. The SMILES string of the molecule is Cc1cc(C(=O)N2CCN(c3nc4c(C)c(C)ccc4s3)CC2)no1. The van der Waals surface area contributed by atoms with Crippen LogP contribution in [0.25, 0.3) is 10.2 Å². The molecule has 1 saturated heterocycles. The van der Waals surface area contributed by atoms with Crippen LogP contribution in [0.2, 0.25) is 0 Å². The molecule has 1 aliphatic heterocycles. The van der Waals surface area contributed by atoms with Gasteiger partial charge in [0.1, 0.15) is 5.76 Å². The molecule has 6 nitrogen and oxygen atoms in total. The third-order valence-corrected chi connectivity index (χ3v) is 5.84. The highest BCUT2D eigenvalue weighted by Crippen LogP contribution is 2.32. The van der Waals surface area contributed by atoms with Crippen molar-refractivity contribution in [2.24, 2.45) is 0 Å². The number of aryl methyl sites for hydroxylation is 3. The standard InChI is InChI=1S/C18H20N4O2S/c1-11-4-5-15-16(13(11)3)19-18(25-15)22-8-6-21(7-9-22)17(23)14-10-12(2)24-20-14/h4-5,10H,6-9H2,1-3H3. The lowest BCUT2D eigenvalue weighted by Crippen LogP contribution is -2.48. The Hall–Kier alpha value is -2.41. The molecule has 0 saturated carbocycles. The monoisotopic (exact) mass is 356 g/mol. The van der Waals surface area contributed by atoms with Crippen molar-refractivity contribution < 1.29 is 9.32 Å². The number of thiazole rings is 1. The topological polar surface area (TPSA) is 62.5 Å². The molecule has 0 aliphatic carbocycles. The van der Waals surface area contributed by atoms with Crippen molar-refractivity contribution in [2.75, 3.05) is 31.1 Å². The summed E-state index contributed by atoms with van der Waals surface area (Å²) in [7, 11) is 0. The number of nitrogens with zero attached hydrogens (tertiary/aromatic N) is 4. The summed E-state index contributed by atoms with van der Waals surface area (Å²) in [6.45, 7) is 8.91. The Morgan fingerprint density at radius 2 is 1.92 bits per heavy atom. The Morgan fingerprint density at radius 3 is 2.60 bits per heavy atom. The highest BCUT2D eigenvalue weighted by atomic mass is 32.1. The first kappa shape index (κ1) is 16.1. The van der Waals surface area contributed by atoms with Gasteiger partial charge in [-0.15, -0.1) is 0 Å². The van der Waals surface area contributed by atoms with Gasteiger partial charge in [-0.25, -0.2) is 4.98 Å². The van der Waals surface area contributed by atoms with Gasteiger partial charge in [0.25, 0.3) is 5.91 Å². The zero-order valence-electron chi connectivity index (χ0n) is 14.6. The molecule has 0 bridgehead atoms. The van der Waals surface area contributed by atoms with Crippen LogP contribution in [0.15, 0.2) is 22.7 Å². The zero-order chi connectivity index (χ0) is 17.6. The average molecular weight is 356 g/mol. The molecule has 1 aliphatic rings. The van der Waals surface area contributed by atoms with Crippen molar-refractivity contribution in [3.05, 3.63) is 40.8 Å². The molecule has 0 spiro atoms. The Kier molecular flexibility index (Phi) is 3.95. The van der Waals surface area contributed by atoms with Crippen LogP contribution < -0.4 is 4.90 Å². The molecular formula is C18H20N4O2S. The molecule has 1 amide bonds. The van der Waals surface area contributed by atoms with Gasteiger partial charge in [0.2, 0.25) is 0 Å². The van der Waals surface area contributed by atoms with Crippen molar-refractivity contribution in [2.45, 2.75) is 20.8 Å². The summed E-state index contributed by atoms with van der Waals surface area (Å²) in [5.74, 6) is 0.592. The second kappa shape index (κ2) is 6.15. The summed E-state index contributed by atoms with van der Waals surface area (Å²) >= 11 is 1.72. The van der Waals surface area contributed by atoms with E-state index >= 15 is 0 Å². The number of hydrogen-bond acceptors (Lipinski definition) is 6. The summed E-state index contributed by atoms with van der Waals surface area (Å²) < 4.78 is 6.22. The quantitative estimate of drug-likeness (QED) is 0.706. The van der Waals surface area contributed by atoms with Crippen molar-refractivity contribution >= 4 is 32.6 Å². The number of carbonyl (C=O) groups excluding carboxylic acids is 1. The Balaban J connectivity index is 1.48. The maximum Gasteiger partial charge on any atom is 0.276 e.